The first-order valence-electron chi connectivity index (χ1n) is 14.6. The Balaban J connectivity index is 1.35. The summed E-state index contributed by atoms with van der Waals surface area (Å²) >= 11 is 12.6. The number of aliphatic carboxylic acids is 1. The minimum absolute atomic E-state index is 0.0262. The molecule has 0 bridgehead atoms. The van der Waals surface area contributed by atoms with Crippen molar-refractivity contribution in [1.82, 2.24) is 9.88 Å². The van der Waals surface area contributed by atoms with Gasteiger partial charge in [-0.2, -0.15) is 0 Å². The SMILES string of the molecule is O=C(O)C1CCC(C(=O)N2CCC3(S(=O)(=O)c4ccc(F)cc4)c4ccc(OCc5c(Cl)cccc5Cl)nc4CCC23)CC1. The molecule has 1 aliphatic heterocycles. The highest BCUT2D eigenvalue weighted by Gasteiger charge is 2.61. The number of ether oxygens (including phenoxy) is 1. The maximum Gasteiger partial charge on any atom is 0.306 e. The fourth-order valence-corrected chi connectivity index (χ4v) is 10.0. The van der Waals surface area contributed by atoms with Crippen LogP contribution in [0.25, 0.3) is 0 Å². The van der Waals surface area contributed by atoms with Crippen molar-refractivity contribution in [3.8, 4) is 5.88 Å². The first kappa shape index (κ1) is 30.8. The Morgan fingerprint density at radius 3 is 2.30 bits per heavy atom. The van der Waals surface area contributed by atoms with Gasteiger partial charge in [0.05, 0.1) is 16.9 Å². The van der Waals surface area contributed by atoms with E-state index in [4.69, 9.17) is 32.9 Å². The van der Waals surface area contributed by atoms with E-state index in [-0.39, 0.29) is 42.2 Å². The van der Waals surface area contributed by atoms with E-state index in [0.717, 1.165) is 12.1 Å². The van der Waals surface area contributed by atoms with Crippen molar-refractivity contribution < 1.29 is 32.2 Å². The first-order chi connectivity index (χ1) is 21.0. The van der Waals surface area contributed by atoms with Gasteiger partial charge in [-0.25, -0.2) is 17.8 Å². The van der Waals surface area contributed by atoms with Gasteiger partial charge < -0.3 is 14.7 Å². The van der Waals surface area contributed by atoms with Gasteiger partial charge in [0.25, 0.3) is 0 Å². The number of rotatable bonds is 7. The molecule has 1 saturated heterocycles. The molecule has 1 N–H and O–H groups in total. The summed E-state index contributed by atoms with van der Waals surface area (Å²) in [6.45, 7) is 0.295. The van der Waals surface area contributed by atoms with Crippen molar-refractivity contribution in [1.29, 1.82) is 0 Å². The predicted octanol–water partition coefficient (Wildman–Crippen LogP) is 6.21. The molecule has 3 aromatic rings. The van der Waals surface area contributed by atoms with E-state index in [2.05, 4.69) is 0 Å². The Labute approximate surface area is 265 Å². The van der Waals surface area contributed by atoms with Gasteiger partial charge in [-0.3, -0.25) is 9.59 Å². The maximum absolute atomic E-state index is 14.6. The molecule has 12 heteroatoms. The van der Waals surface area contributed by atoms with Crippen LogP contribution in [0.2, 0.25) is 10.0 Å². The number of carbonyl (C=O) groups excluding carboxylic acids is 1. The quantitative estimate of drug-likeness (QED) is 0.300. The topological polar surface area (TPSA) is 114 Å². The summed E-state index contributed by atoms with van der Waals surface area (Å²) in [6, 6.07) is 12.6. The number of halogens is 3. The molecule has 1 aromatic heterocycles. The van der Waals surface area contributed by atoms with Crippen LogP contribution in [0.3, 0.4) is 0 Å². The second-order valence-corrected chi connectivity index (χ2v) is 14.7. The van der Waals surface area contributed by atoms with Crippen LogP contribution in [-0.4, -0.2) is 47.9 Å². The van der Waals surface area contributed by atoms with Crippen LogP contribution in [0.5, 0.6) is 5.88 Å². The highest BCUT2D eigenvalue weighted by molar-refractivity contribution is 7.92. The molecule has 2 fully saturated rings. The average molecular weight is 662 g/mol. The van der Waals surface area contributed by atoms with E-state index in [1.165, 1.54) is 12.1 Å². The molecule has 2 aliphatic carbocycles. The van der Waals surface area contributed by atoms with Crippen LogP contribution >= 0.6 is 23.2 Å². The molecular weight excluding hydrogens is 630 g/mol. The van der Waals surface area contributed by atoms with Crippen molar-refractivity contribution in [2.24, 2.45) is 11.8 Å². The van der Waals surface area contributed by atoms with Crippen molar-refractivity contribution in [3.63, 3.8) is 0 Å². The molecule has 2 unspecified atom stereocenters. The predicted molar refractivity (Wildman–Crippen MR) is 162 cm³/mol. The number of likely N-dealkylation sites (tertiary alicyclic amines) is 1. The summed E-state index contributed by atoms with van der Waals surface area (Å²) in [4.78, 5) is 31.7. The molecule has 2 heterocycles. The third-order valence-electron chi connectivity index (χ3n) is 9.44. The minimum Gasteiger partial charge on any atom is -0.481 e. The van der Waals surface area contributed by atoms with Crippen LogP contribution in [0.4, 0.5) is 4.39 Å². The fourth-order valence-electron chi connectivity index (χ4n) is 7.16. The molecule has 6 rings (SSSR count). The van der Waals surface area contributed by atoms with Gasteiger partial charge in [-0.15, -0.1) is 0 Å². The lowest BCUT2D eigenvalue weighted by atomic mass is 9.79. The summed E-state index contributed by atoms with van der Waals surface area (Å²) < 4.78 is 47.4. The number of amides is 1. The van der Waals surface area contributed by atoms with E-state index >= 15 is 0 Å². The van der Waals surface area contributed by atoms with E-state index in [1.807, 2.05) is 0 Å². The van der Waals surface area contributed by atoms with E-state index in [9.17, 15) is 27.5 Å². The van der Waals surface area contributed by atoms with Crippen LogP contribution in [-0.2, 0) is 37.2 Å². The zero-order chi connectivity index (χ0) is 31.2. The molecule has 1 amide bonds. The third-order valence-corrected chi connectivity index (χ3v) is 12.7. The van der Waals surface area contributed by atoms with Gasteiger partial charge in [0.15, 0.2) is 9.84 Å². The van der Waals surface area contributed by atoms with Gasteiger partial charge in [0, 0.05) is 39.8 Å². The first-order valence-corrected chi connectivity index (χ1v) is 16.9. The molecule has 1 saturated carbocycles. The van der Waals surface area contributed by atoms with Crippen molar-refractivity contribution in [2.75, 3.05) is 6.54 Å². The van der Waals surface area contributed by atoms with Crippen molar-refractivity contribution in [3.05, 3.63) is 87.3 Å². The Morgan fingerprint density at radius 1 is 0.977 bits per heavy atom. The Kier molecular flexibility index (Phi) is 8.36. The Bertz CT molecular complexity index is 1690. The molecule has 8 nitrogen and oxygen atoms in total. The fraction of sp³-hybridized carbons (Fsp3) is 0.406. The lowest BCUT2D eigenvalue weighted by Crippen LogP contribution is -2.53. The summed E-state index contributed by atoms with van der Waals surface area (Å²) in [7, 11) is -4.14. The summed E-state index contributed by atoms with van der Waals surface area (Å²) in [5.41, 5.74) is 1.67. The molecular formula is C32H31Cl2FN2O6S. The standard InChI is InChI=1S/C32H31Cl2FN2O6S/c33-25-2-1-3-26(34)23(25)18-43-29-15-12-24-27(36-29)13-14-28-32(24,44(41,42)22-10-8-21(35)9-11-22)16-17-37(28)30(38)19-4-6-20(7-5-19)31(39)40/h1-3,8-12,15,19-20,28H,4-7,13-14,16-18H2,(H,39,40). The van der Waals surface area contributed by atoms with E-state index in [1.54, 1.807) is 35.2 Å². The highest BCUT2D eigenvalue weighted by Crippen LogP contribution is 2.53. The number of hydrogen-bond donors (Lipinski definition) is 1. The number of pyridine rings is 1. The number of carboxylic acids is 1. The zero-order valence-corrected chi connectivity index (χ0v) is 26.0. The van der Waals surface area contributed by atoms with Crippen LogP contribution < -0.4 is 4.74 Å². The molecule has 44 heavy (non-hydrogen) atoms. The average Bonchev–Trinajstić information content (AvgIpc) is 3.42. The molecule has 2 aromatic carbocycles. The van der Waals surface area contributed by atoms with Crippen LogP contribution in [0.15, 0.2) is 59.5 Å². The van der Waals surface area contributed by atoms with Gasteiger partial charge in [0.2, 0.25) is 11.8 Å². The highest BCUT2D eigenvalue weighted by atomic mass is 35.5. The summed E-state index contributed by atoms with van der Waals surface area (Å²) in [6.07, 6.45) is 2.65. The lowest BCUT2D eigenvalue weighted by molar-refractivity contribution is -0.146. The van der Waals surface area contributed by atoms with Crippen molar-refractivity contribution in [2.45, 2.75) is 67.2 Å². The van der Waals surface area contributed by atoms with E-state index in [0.29, 0.717) is 65.4 Å². The number of hydrogen-bond acceptors (Lipinski definition) is 6. The molecule has 2 atom stereocenters. The Morgan fingerprint density at radius 2 is 1.64 bits per heavy atom. The second-order valence-electron chi connectivity index (χ2n) is 11.7. The third kappa shape index (κ3) is 5.24. The number of fused-ring (bicyclic) bond motifs is 3. The van der Waals surface area contributed by atoms with Gasteiger partial charge in [-0.1, -0.05) is 35.3 Å². The number of carbonyl (C=O) groups is 2. The number of benzene rings is 2. The lowest BCUT2D eigenvalue weighted by Gasteiger charge is -2.43. The maximum atomic E-state index is 14.6. The van der Waals surface area contributed by atoms with E-state index < -0.39 is 38.3 Å². The van der Waals surface area contributed by atoms with Crippen LogP contribution in [0.1, 0.15) is 55.3 Å². The minimum atomic E-state index is -4.14. The largest absolute Gasteiger partial charge is 0.481 e. The summed E-state index contributed by atoms with van der Waals surface area (Å²) in [5, 5.41) is 10.3. The number of sulfone groups is 1. The number of carboxylic acid groups (broad SMARTS) is 1. The molecule has 3 aliphatic rings. The Hall–Kier alpha value is -3.21. The monoisotopic (exact) mass is 660 g/mol. The van der Waals surface area contributed by atoms with Gasteiger partial charge in [0.1, 0.15) is 17.2 Å². The smallest absolute Gasteiger partial charge is 0.306 e. The second kappa shape index (κ2) is 11.9. The van der Waals surface area contributed by atoms with Gasteiger partial charge >= 0.3 is 5.97 Å². The van der Waals surface area contributed by atoms with Crippen LogP contribution in [0, 0.1) is 17.7 Å². The number of aromatic nitrogens is 1. The summed E-state index contributed by atoms with van der Waals surface area (Å²) in [5.74, 6) is -2.08. The number of aryl methyl sites for hydroxylation is 1. The molecule has 232 valence electrons. The molecule has 0 spiro atoms. The van der Waals surface area contributed by atoms with Gasteiger partial charge in [-0.05, 0) is 86.9 Å². The normalized spacial score (nSPS) is 24.8. The molecule has 0 radical (unpaired) electrons. The zero-order valence-electron chi connectivity index (χ0n) is 23.7. The number of nitrogens with zero attached hydrogens (tertiary/aromatic N) is 2. The van der Waals surface area contributed by atoms with Crippen molar-refractivity contribution >= 4 is 44.9 Å².